The molecule has 0 unspecified atom stereocenters. The van der Waals surface area contributed by atoms with Crippen LogP contribution in [0, 0.1) is 0 Å². The number of rotatable bonds is 1. The third kappa shape index (κ3) is 1.41. The fourth-order valence-electron chi connectivity index (χ4n) is 1.99. The summed E-state index contributed by atoms with van der Waals surface area (Å²) in [5.41, 5.74) is 1.17. The van der Waals surface area contributed by atoms with Crippen LogP contribution in [0.2, 0.25) is 5.02 Å². The summed E-state index contributed by atoms with van der Waals surface area (Å²) >= 11 is 6.11. The molecular weight excluding hydrogens is 240 g/mol. The first-order valence-electron chi connectivity index (χ1n) is 5.07. The normalized spacial score (nSPS) is 11.2. The van der Waals surface area contributed by atoms with Gasteiger partial charge in [0.2, 0.25) is 0 Å². The van der Waals surface area contributed by atoms with Crippen molar-refractivity contribution in [3.63, 3.8) is 0 Å². The number of hydrogen-bond acceptors (Lipinski definition) is 2. The number of methoxy groups -OCH3 is 1. The van der Waals surface area contributed by atoms with E-state index in [1.54, 1.807) is 7.11 Å². The predicted molar refractivity (Wildman–Crippen MR) is 68.0 cm³/mol. The van der Waals surface area contributed by atoms with Crippen LogP contribution in [0.1, 0.15) is 0 Å². The molecule has 0 fully saturated rings. The SMILES string of the molecule is COc1ccc2[nH]c3c(=O)[nH]cc(Cl)c3c2c1. The Bertz CT molecular complexity index is 773. The smallest absolute Gasteiger partial charge is 0.272 e. The maximum absolute atomic E-state index is 11.7. The van der Waals surface area contributed by atoms with Crippen molar-refractivity contribution in [2.45, 2.75) is 0 Å². The highest BCUT2D eigenvalue weighted by Crippen LogP contribution is 2.31. The minimum atomic E-state index is -0.181. The van der Waals surface area contributed by atoms with Crippen LogP contribution < -0.4 is 10.3 Å². The maximum atomic E-state index is 11.7. The number of aromatic amines is 2. The van der Waals surface area contributed by atoms with E-state index in [1.807, 2.05) is 18.2 Å². The van der Waals surface area contributed by atoms with Gasteiger partial charge in [-0.3, -0.25) is 4.79 Å². The van der Waals surface area contributed by atoms with Crippen molar-refractivity contribution in [2.24, 2.45) is 0 Å². The molecule has 0 aliphatic heterocycles. The number of fused-ring (bicyclic) bond motifs is 3. The molecule has 0 atom stereocenters. The molecule has 2 aromatic heterocycles. The van der Waals surface area contributed by atoms with Gasteiger partial charge < -0.3 is 14.7 Å². The molecule has 5 heteroatoms. The molecule has 17 heavy (non-hydrogen) atoms. The zero-order valence-corrected chi connectivity index (χ0v) is 9.76. The van der Waals surface area contributed by atoms with Crippen LogP contribution in [0.15, 0.2) is 29.2 Å². The molecule has 0 saturated carbocycles. The summed E-state index contributed by atoms with van der Waals surface area (Å²) in [6.07, 6.45) is 1.50. The van der Waals surface area contributed by atoms with Crippen molar-refractivity contribution in [3.05, 3.63) is 39.8 Å². The van der Waals surface area contributed by atoms with Crippen LogP contribution in [0.4, 0.5) is 0 Å². The van der Waals surface area contributed by atoms with Gasteiger partial charge in [-0.2, -0.15) is 0 Å². The van der Waals surface area contributed by atoms with Gasteiger partial charge in [-0.05, 0) is 18.2 Å². The third-order valence-corrected chi connectivity index (χ3v) is 3.10. The molecule has 2 heterocycles. The summed E-state index contributed by atoms with van der Waals surface area (Å²) < 4.78 is 5.17. The van der Waals surface area contributed by atoms with Crippen molar-refractivity contribution in [1.29, 1.82) is 0 Å². The van der Waals surface area contributed by atoms with E-state index in [1.165, 1.54) is 6.20 Å². The summed E-state index contributed by atoms with van der Waals surface area (Å²) in [6, 6.07) is 5.56. The molecule has 1 aromatic carbocycles. The number of hydrogen-bond donors (Lipinski definition) is 2. The number of nitrogens with one attached hydrogen (secondary N) is 2. The van der Waals surface area contributed by atoms with Crippen molar-refractivity contribution >= 4 is 33.4 Å². The Morgan fingerprint density at radius 3 is 2.94 bits per heavy atom. The summed E-state index contributed by atoms with van der Waals surface area (Å²) in [5, 5.41) is 2.12. The van der Waals surface area contributed by atoms with Crippen LogP contribution in [0.3, 0.4) is 0 Å². The quantitative estimate of drug-likeness (QED) is 0.696. The Balaban J connectivity index is 2.57. The second-order valence-electron chi connectivity index (χ2n) is 3.75. The number of pyridine rings is 1. The van der Waals surface area contributed by atoms with E-state index in [4.69, 9.17) is 16.3 Å². The Hall–Kier alpha value is -1.94. The van der Waals surface area contributed by atoms with E-state index in [9.17, 15) is 4.79 Å². The van der Waals surface area contributed by atoms with Crippen LogP contribution in [0.25, 0.3) is 21.8 Å². The lowest BCUT2D eigenvalue weighted by Gasteiger charge is -1.99. The molecule has 0 aliphatic carbocycles. The lowest BCUT2D eigenvalue weighted by molar-refractivity contribution is 0.415. The predicted octanol–water partition coefficient (Wildman–Crippen LogP) is 2.67. The Kier molecular flexibility index (Phi) is 2.12. The number of benzene rings is 1. The highest BCUT2D eigenvalue weighted by molar-refractivity contribution is 6.37. The zero-order chi connectivity index (χ0) is 12.0. The average molecular weight is 249 g/mol. The molecule has 2 N–H and O–H groups in total. The number of halogens is 1. The molecule has 0 aliphatic rings. The molecule has 4 nitrogen and oxygen atoms in total. The second-order valence-corrected chi connectivity index (χ2v) is 4.16. The molecule has 0 bridgehead atoms. The van der Waals surface area contributed by atoms with Crippen molar-refractivity contribution < 1.29 is 4.74 Å². The summed E-state index contributed by atoms with van der Waals surface area (Å²) in [6.45, 7) is 0. The van der Waals surface area contributed by atoms with Crippen molar-refractivity contribution in [1.82, 2.24) is 9.97 Å². The lowest BCUT2D eigenvalue weighted by Crippen LogP contribution is -2.04. The maximum Gasteiger partial charge on any atom is 0.272 e. The van der Waals surface area contributed by atoms with Crippen LogP contribution in [-0.2, 0) is 0 Å². The number of H-pyrrole nitrogens is 2. The monoisotopic (exact) mass is 248 g/mol. The summed E-state index contributed by atoms with van der Waals surface area (Å²) in [7, 11) is 1.60. The molecular formula is C12H9ClN2O2. The lowest BCUT2D eigenvalue weighted by atomic mass is 10.2. The molecule has 0 saturated heterocycles. The van der Waals surface area contributed by atoms with Gasteiger partial charge in [-0.15, -0.1) is 0 Å². The van der Waals surface area contributed by atoms with E-state index in [0.717, 1.165) is 22.0 Å². The fourth-order valence-corrected chi connectivity index (χ4v) is 2.24. The Morgan fingerprint density at radius 1 is 1.35 bits per heavy atom. The number of aromatic nitrogens is 2. The van der Waals surface area contributed by atoms with Gasteiger partial charge in [-0.25, -0.2) is 0 Å². The van der Waals surface area contributed by atoms with Crippen LogP contribution in [0.5, 0.6) is 5.75 Å². The molecule has 0 radical (unpaired) electrons. The van der Waals surface area contributed by atoms with E-state index < -0.39 is 0 Å². The molecule has 3 rings (SSSR count). The first kappa shape index (κ1) is 10.2. The highest BCUT2D eigenvalue weighted by Gasteiger charge is 2.11. The third-order valence-electron chi connectivity index (χ3n) is 2.80. The van der Waals surface area contributed by atoms with E-state index in [0.29, 0.717) is 10.5 Å². The Morgan fingerprint density at radius 2 is 2.18 bits per heavy atom. The minimum Gasteiger partial charge on any atom is -0.497 e. The molecule has 86 valence electrons. The zero-order valence-electron chi connectivity index (χ0n) is 9.00. The first-order valence-corrected chi connectivity index (χ1v) is 5.45. The van der Waals surface area contributed by atoms with E-state index >= 15 is 0 Å². The summed E-state index contributed by atoms with van der Waals surface area (Å²) in [4.78, 5) is 17.3. The summed E-state index contributed by atoms with van der Waals surface area (Å²) in [5.74, 6) is 0.731. The molecule has 0 spiro atoms. The minimum absolute atomic E-state index is 0.181. The first-order chi connectivity index (χ1) is 8.20. The van der Waals surface area contributed by atoms with Crippen LogP contribution >= 0.6 is 11.6 Å². The van der Waals surface area contributed by atoms with Gasteiger partial charge in [0, 0.05) is 22.5 Å². The largest absolute Gasteiger partial charge is 0.497 e. The van der Waals surface area contributed by atoms with E-state index in [-0.39, 0.29) is 5.56 Å². The Labute approximate surface area is 101 Å². The highest BCUT2D eigenvalue weighted by atomic mass is 35.5. The number of ether oxygens (including phenoxy) is 1. The average Bonchev–Trinajstić information content (AvgIpc) is 2.73. The standard InChI is InChI=1S/C12H9ClN2O2/c1-17-6-2-3-9-7(4-6)10-8(13)5-14-12(16)11(10)15-9/h2-5,15H,1H3,(H,14,16). The molecule has 3 aromatic rings. The van der Waals surface area contributed by atoms with Gasteiger partial charge in [0.1, 0.15) is 11.3 Å². The van der Waals surface area contributed by atoms with Gasteiger partial charge >= 0.3 is 0 Å². The molecule has 0 amide bonds. The van der Waals surface area contributed by atoms with Gasteiger partial charge in [0.05, 0.1) is 12.1 Å². The van der Waals surface area contributed by atoms with E-state index in [2.05, 4.69) is 9.97 Å². The fraction of sp³-hybridized carbons (Fsp3) is 0.0833. The van der Waals surface area contributed by atoms with Crippen molar-refractivity contribution in [3.8, 4) is 5.75 Å². The van der Waals surface area contributed by atoms with Crippen molar-refractivity contribution in [2.75, 3.05) is 7.11 Å². The van der Waals surface area contributed by atoms with Gasteiger partial charge in [-0.1, -0.05) is 11.6 Å². The van der Waals surface area contributed by atoms with Crippen LogP contribution in [-0.4, -0.2) is 17.1 Å². The van der Waals surface area contributed by atoms with Gasteiger partial charge in [0.15, 0.2) is 0 Å². The topological polar surface area (TPSA) is 57.9 Å². The second kappa shape index (κ2) is 3.53. The van der Waals surface area contributed by atoms with Gasteiger partial charge in [0.25, 0.3) is 5.56 Å².